The molecule has 1 heterocycles. The lowest BCUT2D eigenvalue weighted by Crippen LogP contribution is -2.33. The lowest BCUT2D eigenvalue weighted by atomic mass is 10.1. The Morgan fingerprint density at radius 2 is 2.00 bits per heavy atom. The number of anilines is 1. The van der Waals surface area contributed by atoms with E-state index in [1.807, 2.05) is 0 Å². The molecular formula is C15H18N2O5. The second-order valence-electron chi connectivity index (χ2n) is 5.00. The highest BCUT2D eigenvalue weighted by atomic mass is 16.5. The van der Waals surface area contributed by atoms with Crippen LogP contribution in [-0.2, 0) is 9.53 Å². The molecule has 0 bridgehead atoms. The highest BCUT2D eigenvalue weighted by molar-refractivity contribution is 5.92. The number of hydrogen-bond acceptors (Lipinski definition) is 4. The topological polar surface area (TPSA) is 95.9 Å². The van der Waals surface area contributed by atoms with E-state index in [0.29, 0.717) is 30.8 Å². The predicted molar refractivity (Wildman–Crippen MR) is 78.7 cm³/mol. The summed E-state index contributed by atoms with van der Waals surface area (Å²) in [5, 5.41) is 11.6. The molecule has 0 aliphatic carbocycles. The van der Waals surface area contributed by atoms with Crippen molar-refractivity contribution in [2.24, 2.45) is 5.92 Å². The van der Waals surface area contributed by atoms with E-state index in [1.54, 1.807) is 31.2 Å². The average Bonchev–Trinajstić information content (AvgIpc) is 2.98. The van der Waals surface area contributed by atoms with Crippen LogP contribution in [0.5, 0.6) is 0 Å². The van der Waals surface area contributed by atoms with Gasteiger partial charge in [0.25, 0.3) is 0 Å². The molecule has 118 valence electrons. The molecule has 1 saturated heterocycles. The number of rotatable bonds is 4. The molecule has 22 heavy (non-hydrogen) atoms. The van der Waals surface area contributed by atoms with Gasteiger partial charge in [0.05, 0.1) is 18.1 Å². The van der Waals surface area contributed by atoms with Crippen LogP contribution < -0.4 is 5.32 Å². The first kappa shape index (κ1) is 15.8. The van der Waals surface area contributed by atoms with E-state index < -0.39 is 17.9 Å². The van der Waals surface area contributed by atoms with Crippen LogP contribution in [0, 0.1) is 5.92 Å². The zero-order chi connectivity index (χ0) is 16.1. The van der Waals surface area contributed by atoms with Gasteiger partial charge in [0.2, 0.25) is 0 Å². The van der Waals surface area contributed by atoms with E-state index in [9.17, 15) is 14.4 Å². The van der Waals surface area contributed by atoms with Gasteiger partial charge in [-0.1, -0.05) is 0 Å². The van der Waals surface area contributed by atoms with Gasteiger partial charge < -0.3 is 20.1 Å². The summed E-state index contributed by atoms with van der Waals surface area (Å²) in [6.07, 6.45) is 0.463. The summed E-state index contributed by atoms with van der Waals surface area (Å²) in [5.74, 6) is -1.80. The zero-order valence-corrected chi connectivity index (χ0v) is 12.2. The van der Waals surface area contributed by atoms with Crippen LogP contribution in [0.25, 0.3) is 0 Å². The van der Waals surface area contributed by atoms with Crippen LogP contribution in [0.15, 0.2) is 24.3 Å². The second-order valence-corrected chi connectivity index (χ2v) is 5.00. The summed E-state index contributed by atoms with van der Waals surface area (Å²) in [5.41, 5.74) is 0.948. The number of carbonyl (C=O) groups excluding carboxylic acids is 2. The molecule has 0 aromatic heterocycles. The number of amides is 2. The lowest BCUT2D eigenvalue weighted by molar-refractivity contribution is -0.141. The van der Waals surface area contributed by atoms with Crippen molar-refractivity contribution in [1.29, 1.82) is 0 Å². The highest BCUT2D eigenvalue weighted by Crippen LogP contribution is 2.18. The number of urea groups is 1. The molecular weight excluding hydrogens is 288 g/mol. The van der Waals surface area contributed by atoms with Gasteiger partial charge in [-0.05, 0) is 37.6 Å². The normalized spacial score (nSPS) is 17.1. The minimum absolute atomic E-state index is 0.210. The van der Waals surface area contributed by atoms with Crippen LogP contribution in [0.3, 0.4) is 0 Å². The average molecular weight is 306 g/mol. The molecule has 2 rings (SSSR count). The molecule has 1 aromatic carbocycles. The maximum Gasteiger partial charge on any atom is 0.338 e. The van der Waals surface area contributed by atoms with Crippen LogP contribution >= 0.6 is 0 Å². The molecule has 2 N–H and O–H groups in total. The minimum atomic E-state index is -0.880. The summed E-state index contributed by atoms with van der Waals surface area (Å²) < 4.78 is 4.87. The van der Waals surface area contributed by atoms with Gasteiger partial charge in [-0.25, -0.2) is 9.59 Å². The Bertz CT molecular complexity index is 570. The van der Waals surface area contributed by atoms with Crippen molar-refractivity contribution in [3.05, 3.63) is 29.8 Å². The third-order valence-electron chi connectivity index (χ3n) is 3.47. The van der Waals surface area contributed by atoms with E-state index in [0.717, 1.165) is 0 Å². The number of carboxylic acid groups (broad SMARTS) is 1. The van der Waals surface area contributed by atoms with Gasteiger partial charge in [0.1, 0.15) is 0 Å². The van der Waals surface area contributed by atoms with Gasteiger partial charge in [-0.2, -0.15) is 0 Å². The third-order valence-corrected chi connectivity index (χ3v) is 3.47. The fourth-order valence-electron chi connectivity index (χ4n) is 2.25. The van der Waals surface area contributed by atoms with E-state index >= 15 is 0 Å². The Balaban J connectivity index is 1.92. The summed E-state index contributed by atoms with van der Waals surface area (Å²) >= 11 is 0. The van der Waals surface area contributed by atoms with Crippen molar-refractivity contribution >= 4 is 23.7 Å². The number of carboxylic acids is 1. The lowest BCUT2D eigenvalue weighted by Gasteiger charge is -2.16. The molecule has 7 heteroatoms. The molecule has 0 spiro atoms. The number of benzene rings is 1. The molecule has 1 unspecified atom stereocenters. The largest absolute Gasteiger partial charge is 0.481 e. The Kier molecular flexibility index (Phi) is 4.98. The highest BCUT2D eigenvalue weighted by Gasteiger charge is 2.30. The second kappa shape index (κ2) is 6.93. The standard InChI is InChI=1S/C15H18N2O5/c1-2-22-14(20)10-3-5-12(6-4-10)16-15(21)17-8-7-11(9-17)13(18)19/h3-6,11H,2,7-9H2,1H3,(H,16,21)(H,18,19). The smallest absolute Gasteiger partial charge is 0.338 e. The number of esters is 1. The van der Waals surface area contributed by atoms with Crippen LogP contribution in [0.2, 0.25) is 0 Å². The fraction of sp³-hybridized carbons (Fsp3) is 0.400. The molecule has 0 saturated carbocycles. The van der Waals surface area contributed by atoms with Crippen molar-refractivity contribution in [2.75, 3.05) is 25.0 Å². The molecule has 1 aromatic rings. The number of likely N-dealkylation sites (tertiary alicyclic amines) is 1. The molecule has 1 fully saturated rings. The van der Waals surface area contributed by atoms with Crippen molar-refractivity contribution < 1.29 is 24.2 Å². The first-order valence-corrected chi connectivity index (χ1v) is 7.07. The quantitative estimate of drug-likeness (QED) is 0.827. The van der Waals surface area contributed by atoms with E-state index in [2.05, 4.69) is 5.32 Å². The summed E-state index contributed by atoms with van der Waals surface area (Å²) in [7, 11) is 0. The minimum Gasteiger partial charge on any atom is -0.481 e. The van der Waals surface area contributed by atoms with Crippen molar-refractivity contribution in [1.82, 2.24) is 4.90 Å². The van der Waals surface area contributed by atoms with Crippen molar-refractivity contribution in [3.8, 4) is 0 Å². The maximum atomic E-state index is 12.0. The van der Waals surface area contributed by atoms with Gasteiger partial charge >= 0.3 is 18.0 Å². The molecule has 1 aliphatic rings. The fourth-order valence-corrected chi connectivity index (χ4v) is 2.25. The van der Waals surface area contributed by atoms with Gasteiger partial charge in [-0.3, -0.25) is 4.79 Å². The molecule has 0 radical (unpaired) electrons. The number of nitrogens with one attached hydrogen (secondary N) is 1. The van der Waals surface area contributed by atoms with E-state index in [4.69, 9.17) is 9.84 Å². The SMILES string of the molecule is CCOC(=O)c1ccc(NC(=O)N2CCC(C(=O)O)C2)cc1. The number of nitrogens with zero attached hydrogens (tertiary/aromatic N) is 1. The molecule has 1 aliphatic heterocycles. The van der Waals surface area contributed by atoms with Crippen LogP contribution in [0.4, 0.5) is 10.5 Å². The van der Waals surface area contributed by atoms with Gasteiger partial charge in [0.15, 0.2) is 0 Å². The maximum absolute atomic E-state index is 12.0. The third kappa shape index (κ3) is 3.75. The Hall–Kier alpha value is -2.57. The summed E-state index contributed by atoms with van der Waals surface area (Å²) in [4.78, 5) is 35.9. The number of aliphatic carboxylic acids is 1. The van der Waals surface area contributed by atoms with E-state index in [-0.39, 0.29) is 12.6 Å². The van der Waals surface area contributed by atoms with Crippen LogP contribution in [-0.4, -0.2) is 47.7 Å². The van der Waals surface area contributed by atoms with Gasteiger partial charge in [-0.15, -0.1) is 0 Å². The number of hydrogen-bond donors (Lipinski definition) is 2. The summed E-state index contributed by atoms with van der Waals surface area (Å²) in [6.45, 7) is 2.66. The Morgan fingerprint density at radius 3 is 2.55 bits per heavy atom. The monoisotopic (exact) mass is 306 g/mol. The Morgan fingerprint density at radius 1 is 1.32 bits per heavy atom. The first-order valence-electron chi connectivity index (χ1n) is 7.07. The van der Waals surface area contributed by atoms with Crippen molar-refractivity contribution in [2.45, 2.75) is 13.3 Å². The number of ether oxygens (including phenoxy) is 1. The zero-order valence-electron chi connectivity index (χ0n) is 12.2. The summed E-state index contributed by atoms with van der Waals surface area (Å²) in [6, 6.07) is 6.01. The first-order chi connectivity index (χ1) is 10.5. The van der Waals surface area contributed by atoms with Gasteiger partial charge in [0, 0.05) is 18.8 Å². The molecule has 1 atom stereocenters. The molecule has 2 amide bonds. The van der Waals surface area contributed by atoms with Crippen LogP contribution in [0.1, 0.15) is 23.7 Å². The van der Waals surface area contributed by atoms with E-state index in [1.165, 1.54) is 4.90 Å². The predicted octanol–water partition coefficient (Wildman–Crippen LogP) is 1.80. The number of carbonyl (C=O) groups is 3. The molecule has 7 nitrogen and oxygen atoms in total. The Labute approximate surface area is 127 Å². The van der Waals surface area contributed by atoms with Crippen molar-refractivity contribution in [3.63, 3.8) is 0 Å².